The molecule has 2 aliphatic carbocycles. The molecule has 0 amide bonds. The van der Waals surface area contributed by atoms with Gasteiger partial charge < -0.3 is 9.30 Å². The number of hydrogen-bond acceptors (Lipinski definition) is 7. The van der Waals surface area contributed by atoms with Gasteiger partial charge in [0.2, 0.25) is 0 Å². The molecule has 11 heteroatoms. The Bertz CT molecular complexity index is 1680. The number of ether oxygens (including phenoxy) is 1. The third-order valence-electron chi connectivity index (χ3n) is 7.83. The minimum Gasteiger partial charge on any atom is -0.373 e. The number of rotatable bonds is 5. The normalized spacial score (nSPS) is 22.1. The third kappa shape index (κ3) is 4.75. The summed E-state index contributed by atoms with van der Waals surface area (Å²) in [5, 5.41) is 9.46. The van der Waals surface area contributed by atoms with E-state index in [1.165, 1.54) is 6.07 Å². The number of aryl methyl sites for hydroxylation is 2. The van der Waals surface area contributed by atoms with Gasteiger partial charge in [-0.25, -0.2) is 19.9 Å². The number of alkyl halides is 3. The van der Waals surface area contributed by atoms with Crippen molar-refractivity contribution in [2.45, 2.75) is 70.7 Å². The fourth-order valence-corrected chi connectivity index (χ4v) is 5.09. The standard InChI is InChI=1S/C28H25F3N6O2/c1-15-16(2)34-26-24(33-15)23(19-9-20(10-19)28(29,30)31)35-25(36-26)17-5-8-39-21(11-17)18-3-4-22(38)37(12-18)14-27(13-32)6-7-27/h3-4,12,17,21H,5-9,11,14H2,1-2H3/t17-,21+/m0/s1. The van der Waals surface area contributed by atoms with E-state index in [-0.39, 0.29) is 24.0 Å². The number of pyridine rings is 1. The molecule has 1 aliphatic heterocycles. The van der Waals surface area contributed by atoms with Gasteiger partial charge in [0.15, 0.2) is 5.65 Å². The van der Waals surface area contributed by atoms with Gasteiger partial charge >= 0.3 is 6.18 Å². The van der Waals surface area contributed by atoms with Crippen molar-refractivity contribution in [2.75, 3.05) is 6.61 Å². The van der Waals surface area contributed by atoms with Gasteiger partial charge in [0.25, 0.3) is 5.56 Å². The second-order valence-electron chi connectivity index (χ2n) is 10.7. The Morgan fingerprint density at radius 3 is 2.62 bits per heavy atom. The van der Waals surface area contributed by atoms with Gasteiger partial charge in [-0.05, 0) is 51.2 Å². The molecule has 200 valence electrons. The van der Waals surface area contributed by atoms with Crippen LogP contribution in [0.15, 0.2) is 34.4 Å². The SMILES string of the molecule is Cc1nc2nc([C@H]3CCO[C@@H](c4ccc(=O)n(CC5(C#N)CC5)c4)C3)nc(C3=C=C(C(F)(F)F)C3)c2nc1C. The van der Waals surface area contributed by atoms with Crippen LogP contribution in [0, 0.1) is 30.6 Å². The van der Waals surface area contributed by atoms with Gasteiger partial charge in [-0.2, -0.15) is 18.4 Å². The Labute approximate surface area is 221 Å². The molecule has 2 atom stereocenters. The molecule has 0 unspecified atom stereocenters. The zero-order chi connectivity index (χ0) is 27.5. The van der Waals surface area contributed by atoms with E-state index in [0.717, 1.165) is 18.4 Å². The largest absolute Gasteiger partial charge is 0.420 e. The highest BCUT2D eigenvalue weighted by molar-refractivity contribution is 5.87. The summed E-state index contributed by atoms with van der Waals surface area (Å²) in [5.74, 6) is 0.337. The van der Waals surface area contributed by atoms with Crippen molar-refractivity contribution in [1.29, 1.82) is 5.26 Å². The Morgan fingerprint density at radius 1 is 1.18 bits per heavy atom. The Kier molecular flexibility index (Phi) is 5.93. The van der Waals surface area contributed by atoms with E-state index in [9.17, 15) is 23.2 Å². The van der Waals surface area contributed by atoms with E-state index in [2.05, 4.69) is 21.8 Å². The summed E-state index contributed by atoms with van der Waals surface area (Å²) in [7, 11) is 0. The number of aromatic nitrogens is 5. The first kappa shape index (κ1) is 25.4. The van der Waals surface area contributed by atoms with Gasteiger partial charge in [-0.3, -0.25) is 4.79 Å². The smallest absolute Gasteiger partial charge is 0.373 e. The first-order valence-electron chi connectivity index (χ1n) is 12.9. The molecular weight excluding hydrogens is 509 g/mol. The molecule has 2 fully saturated rings. The van der Waals surface area contributed by atoms with Gasteiger partial charge in [-0.15, -0.1) is 5.73 Å². The lowest BCUT2D eigenvalue weighted by atomic mass is 9.90. The summed E-state index contributed by atoms with van der Waals surface area (Å²) in [4.78, 5) is 31.0. The summed E-state index contributed by atoms with van der Waals surface area (Å²) in [6.07, 6.45) is -0.576. The molecule has 39 heavy (non-hydrogen) atoms. The summed E-state index contributed by atoms with van der Waals surface area (Å²) >= 11 is 0. The molecule has 0 N–H and O–H groups in total. The summed E-state index contributed by atoms with van der Waals surface area (Å²) < 4.78 is 47.1. The number of nitriles is 1. The van der Waals surface area contributed by atoms with Crippen molar-refractivity contribution in [2.24, 2.45) is 5.41 Å². The predicted molar refractivity (Wildman–Crippen MR) is 134 cm³/mol. The molecule has 1 saturated heterocycles. The third-order valence-corrected chi connectivity index (χ3v) is 7.83. The number of hydrogen-bond donors (Lipinski definition) is 0. The quantitative estimate of drug-likeness (QED) is 0.424. The van der Waals surface area contributed by atoms with E-state index >= 15 is 0 Å². The van der Waals surface area contributed by atoms with E-state index in [4.69, 9.17) is 14.7 Å². The Morgan fingerprint density at radius 2 is 1.92 bits per heavy atom. The number of allylic oxidation sites excluding steroid dienone is 1. The Hall–Kier alpha value is -3.87. The van der Waals surface area contributed by atoms with Gasteiger partial charge in [0.05, 0.1) is 34.5 Å². The molecule has 3 aromatic rings. The van der Waals surface area contributed by atoms with Crippen LogP contribution in [0.2, 0.25) is 0 Å². The van der Waals surface area contributed by atoms with Gasteiger partial charge in [-0.1, -0.05) is 0 Å². The van der Waals surface area contributed by atoms with Crippen LogP contribution in [-0.2, 0) is 11.3 Å². The minimum absolute atomic E-state index is 0.142. The van der Waals surface area contributed by atoms with E-state index < -0.39 is 17.2 Å². The van der Waals surface area contributed by atoms with E-state index in [1.54, 1.807) is 23.8 Å². The molecule has 4 heterocycles. The monoisotopic (exact) mass is 534 g/mol. The number of halogens is 3. The lowest BCUT2D eigenvalue weighted by molar-refractivity contribution is -0.0934. The summed E-state index contributed by atoms with van der Waals surface area (Å²) in [6, 6.07) is 5.56. The zero-order valence-corrected chi connectivity index (χ0v) is 21.5. The van der Waals surface area contributed by atoms with Crippen LogP contribution in [0.3, 0.4) is 0 Å². The second-order valence-corrected chi connectivity index (χ2v) is 10.7. The topological polar surface area (TPSA) is 107 Å². The van der Waals surface area contributed by atoms with Crippen LogP contribution in [0.1, 0.15) is 72.6 Å². The maximum Gasteiger partial charge on any atom is 0.420 e. The van der Waals surface area contributed by atoms with E-state index in [0.29, 0.717) is 65.6 Å². The molecule has 3 aliphatic rings. The number of nitrogens with zero attached hydrogens (tertiary/aromatic N) is 6. The predicted octanol–water partition coefficient (Wildman–Crippen LogP) is 5.01. The van der Waals surface area contributed by atoms with E-state index in [1.807, 2.05) is 6.92 Å². The molecule has 0 aromatic carbocycles. The lowest BCUT2D eigenvalue weighted by Gasteiger charge is -2.30. The molecule has 3 aromatic heterocycles. The molecule has 0 bridgehead atoms. The summed E-state index contributed by atoms with van der Waals surface area (Å²) in [6.45, 7) is 4.37. The first-order valence-corrected chi connectivity index (χ1v) is 12.9. The fourth-order valence-electron chi connectivity index (χ4n) is 5.09. The summed E-state index contributed by atoms with van der Waals surface area (Å²) in [5.41, 5.74) is 4.64. The molecule has 8 nitrogen and oxygen atoms in total. The maximum absolute atomic E-state index is 13.1. The minimum atomic E-state index is -4.43. The van der Waals surface area contributed by atoms with Crippen molar-refractivity contribution >= 4 is 16.7 Å². The van der Waals surface area contributed by atoms with Crippen LogP contribution in [-0.4, -0.2) is 37.3 Å². The zero-order valence-electron chi connectivity index (χ0n) is 21.5. The molecular formula is C28H25F3N6O2. The highest BCUT2D eigenvalue weighted by Crippen LogP contribution is 2.46. The lowest BCUT2D eigenvalue weighted by Crippen LogP contribution is -2.26. The number of fused-ring (bicyclic) bond motifs is 1. The first-order chi connectivity index (χ1) is 18.5. The van der Waals surface area contributed by atoms with Crippen LogP contribution in [0.5, 0.6) is 0 Å². The fraction of sp³-hybridized carbons (Fsp3) is 0.464. The van der Waals surface area contributed by atoms with Crippen LogP contribution in [0.4, 0.5) is 13.2 Å². The van der Waals surface area contributed by atoms with Gasteiger partial charge in [0.1, 0.15) is 17.0 Å². The highest BCUT2D eigenvalue weighted by Gasteiger charge is 2.44. The molecule has 6 rings (SSSR count). The molecule has 1 saturated carbocycles. The maximum atomic E-state index is 13.1. The average Bonchev–Trinajstić information content (AvgIpc) is 3.64. The van der Waals surface area contributed by atoms with Crippen molar-refractivity contribution in [1.82, 2.24) is 24.5 Å². The second kappa shape index (κ2) is 9.11. The van der Waals surface area contributed by atoms with Crippen molar-refractivity contribution in [3.8, 4) is 6.07 Å². The van der Waals surface area contributed by atoms with Crippen LogP contribution in [0.25, 0.3) is 16.7 Å². The highest BCUT2D eigenvalue weighted by atomic mass is 19.4. The van der Waals surface area contributed by atoms with Crippen LogP contribution >= 0.6 is 0 Å². The van der Waals surface area contributed by atoms with Gasteiger partial charge in [0, 0.05) is 43.3 Å². The average molecular weight is 535 g/mol. The molecule has 0 spiro atoms. The molecule has 0 radical (unpaired) electrons. The van der Waals surface area contributed by atoms with Crippen molar-refractivity contribution < 1.29 is 17.9 Å². The van der Waals surface area contributed by atoms with Crippen LogP contribution < -0.4 is 5.56 Å². The van der Waals surface area contributed by atoms with Crippen molar-refractivity contribution in [3.05, 3.63) is 68.5 Å². The van der Waals surface area contributed by atoms with Crippen molar-refractivity contribution in [3.63, 3.8) is 0 Å². The Balaban J connectivity index is 1.35.